The fourth-order valence-corrected chi connectivity index (χ4v) is 2.95. The Kier molecular flexibility index (Phi) is 7.16. The number of rotatable bonds is 7. The van der Waals surface area contributed by atoms with Crippen LogP contribution in [0.15, 0.2) is 47.4 Å². The van der Waals surface area contributed by atoms with Crippen LogP contribution in [0, 0.1) is 0 Å². The normalized spacial score (nSPS) is 10.2. The predicted octanol–water partition coefficient (Wildman–Crippen LogP) is 4.43. The van der Waals surface area contributed by atoms with Crippen LogP contribution < -0.4 is 15.4 Å². The van der Waals surface area contributed by atoms with Gasteiger partial charge in [0.15, 0.2) is 0 Å². The van der Waals surface area contributed by atoms with Gasteiger partial charge in [0.2, 0.25) is 11.8 Å². The average Bonchev–Trinajstić information content (AvgIpc) is 2.57. The number of hydrogen-bond acceptors (Lipinski definition) is 4. The Hall–Kier alpha value is -2.18. The minimum absolute atomic E-state index is 0.137. The summed E-state index contributed by atoms with van der Waals surface area (Å²) in [4.78, 5) is 24.1. The minimum Gasteiger partial charge on any atom is -0.494 e. The lowest BCUT2D eigenvalue weighted by molar-refractivity contribution is -0.114. The first-order valence-electron chi connectivity index (χ1n) is 7.70. The number of hydrogen-bond donors (Lipinski definition) is 2. The molecule has 0 atom stereocenters. The highest BCUT2D eigenvalue weighted by Gasteiger charge is 2.07. The summed E-state index contributed by atoms with van der Waals surface area (Å²) < 4.78 is 5.38. The van der Waals surface area contributed by atoms with E-state index in [0.717, 1.165) is 10.6 Å². The van der Waals surface area contributed by atoms with E-state index in [1.165, 1.54) is 18.7 Å². The standard InChI is InChI=1S/C18H19ClN2O3S/c1-3-24-14-5-7-15(8-6-14)25-11-18(23)21-13-4-9-17(16(19)10-13)20-12(2)22/h4-10H,3,11H2,1-2H3,(H,20,22)(H,21,23). The third kappa shape index (κ3) is 6.32. The van der Waals surface area contributed by atoms with Crippen LogP contribution in [0.25, 0.3) is 0 Å². The van der Waals surface area contributed by atoms with E-state index in [4.69, 9.17) is 16.3 Å². The van der Waals surface area contributed by atoms with Crippen molar-refractivity contribution >= 4 is 46.6 Å². The first-order valence-corrected chi connectivity index (χ1v) is 9.07. The number of nitrogens with one attached hydrogen (secondary N) is 2. The molecular formula is C18H19ClN2O3S. The monoisotopic (exact) mass is 378 g/mol. The summed E-state index contributed by atoms with van der Waals surface area (Å²) in [5.41, 5.74) is 1.09. The van der Waals surface area contributed by atoms with E-state index >= 15 is 0 Å². The van der Waals surface area contributed by atoms with Crippen molar-refractivity contribution in [2.45, 2.75) is 18.7 Å². The lowest BCUT2D eigenvalue weighted by Crippen LogP contribution is -2.14. The van der Waals surface area contributed by atoms with Crippen LogP contribution in [0.2, 0.25) is 5.02 Å². The van der Waals surface area contributed by atoms with E-state index in [-0.39, 0.29) is 17.6 Å². The molecule has 0 saturated carbocycles. The lowest BCUT2D eigenvalue weighted by atomic mass is 10.2. The van der Waals surface area contributed by atoms with E-state index in [1.54, 1.807) is 18.2 Å². The highest BCUT2D eigenvalue weighted by Crippen LogP contribution is 2.26. The smallest absolute Gasteiger partial charge is 0.234 e. The summed E-state index contributed by atoms with van der Waals surface area (Å²) in [6, 6.07) is 12.5. The van der Waals surface area contributed by atoms with Gasteiger partial charge in [0.25, 0.3) is 0 Å². The van der Waals surface area contributed by atoms with E-state index < -0.39 is 0 Å². The van der Waals surface area contributed by atoms with Crippen molar-refractivity contribution in [1.29, 1.82) is 0 Å². The summed E-state index contributed by atoms with van der Waals surface area (Å²) >= 11 is 7.52. The van der Waals surface area contributed by atoms with Crippen LogP contribution in [-0.4, -0.2) is 24.2 Å². The third-order valence-electron chi connectivity index (χ3n) is 3.07. The number of anilines is 2. The second-order valence-corrected chi connectivity index (χ2v) is 6.57. The molecule has 0 saturated heterocycles. The molecule has 25 heavy (non-hydrogen) atoms. The van der Waals surface area contributed by atoms with Crippen LogP contribution in [-0.2, 0) is 9.59 Å². The third-order valence-corrected chi connectivity index (χ3v) is 4.39. The highest BCUT2D eigenvalue weighted by atomic mass is 35.5. The largest absolute Gasteiger partial charge is 0.494 e. The maximum Gasteiger partial charge on any atom is 0.234 e. The fraction of sp³-hybridized carbons (Fsp3) is 0.222. The Morgan fingerprint density at radius 3 is 2.44 bits per heavy atom. The molecule has 0 spiro atoms. The zero-order chi connectivity index (χ0) is 18.2. The molecule has 0 bridgehead atoms. The summed E-state index contributed by atoms with van der Waals surface area (Å²) in [7, 11) is 0. The molecule has 0 aliphatic rings. The van der Waals surface area contributed by atoms with Gasteiger partial charge in [-0.1, -0.05) is 11.6 Å². The molecule has 2 N–H and O–H groups in total. The van der Waals surface area contributed by atoms with Gasteiger partial charge in [-0.2, -0.15) is 0 Å². The molecule has 2 aromatic rings. The maximum atomic E-state index is 12.1. The zero-order valence-electron chi connectivity index (χ0n) is 14.0. The number of amides is 2. The molecule has 0 radical (unpaired) electrons. The molecule has 0 aliphatic carbocycles. The molecule has 0 aliphatic heterocycles. The minimum atomic E-state index is -0.203. The van der Waals surface area contributed by atoms with Gasteiger partial charge in [0.05, 0.1) is 23.1 Å². The van der Waals surface area contributed by atoms with Crippen molar-refractivity contribution in [3.05, 3.63) is 47.5 Å². The Morgan fingerprint density at radius 1 is 1.12 bits per heavy atom. The molecule has 0 heterocycles. The van der Waals surface area contributed by atoms with Gasteiger partial charge < -0.3 is 15.4 Å². The number of carbonyl (C=O) groups is 2. The number of benzene rings is 2. The van der Waals surface area contributed by atoms with Crippen LogP contribution in [0.3, 0.4) is 0 Å². The van der Waals surface area contributed by atoms with Crippen molar-refractivity contribution < 1.29 is 14.3 Å². The number of halogens is 1. The molecule has 5 nitrogen and oxygen atoms in total. The maximum absolute atomic E-state index is 12.1. The molecule has 2 rings (SSSR count). The number of thioether (sulfide) groups is 1. The van der Waals surface area contributed by atoms with E-state index in [0.29, 0.717) is 23.0 Å². The van der Waals surface area contributed by atoms with Gasteiger partial charge in [-0.3, -0.25) is 9.59 Å². The highest BCUT2D eigenvalue weighted by molar-refractivity contribution is 8.00. The van der Waals surface area contributed by atoms with Crippen LogP contribution in [0.5, 0.6) is 5.75 Å². The summed E-state index contributed by atoms with van der Waals surface area (Å²) in [6.07, 6.45) is 0. The van der Waals surface area contributed by atoms with Gasteiger partial charge >= 0.3 is 0 Å². The average molecular weight is 379 g/mol. The van der Waals surface area contributed by atoms with Crippen LogP contribution >= 0.6 is 23.4 Å². The number of ether oxygens (including phenoxy) is 1. The molecule has 132 valence electrons. The first kappa shape index (κ1) is 19.1. The van der Waals surface area contributed by atoms with Gasteiger partial charge in [-0.25, -0.2) is 0 Å². The molecule has 0 fully saturated rings. The second kappa shape index (κ2) is 9.34. The SMILES string of the molecule is CCOc1ccc(SCC(=O)Nc2ccc(NC(C)=O)c(Cl)c2)cc1. The van der Waals surface area contributed by atoms with Crippen LogP contribution in [0.1, 0.15) is 13.8 Å². The zero-order valence-corrected chi connectivity index (χ0v) is 15.5. The molecule has 2 amide bonds. The Labute approximate surface area is 156 Å². The van der Waals surface area contributed by atoms with Gasteiger partial charge in [0, 0.05) is 17.5 Å². The Morgan fingerprint density at radius 2 is 1.84 bits per heavy atom. The molecule has 0 aromatic heterocycles. The van der Waals surface area contributed by atoms with Crippen molar-refractivity contribution in [3.8, 4) is 5.75 Å². The summed E-state index contributed by atoms with van der Waals surface area (Å²) in [5, 5.41) is 5.77. The van der Waals surface area contributed by atoms with Gasteiger partial charge in [0.1, 0.15) is 5.75 Å². The van der Waals surface area contributed by atoms with Crippen molar-refractivity contribution in [3.63, 3.8) is 0 Å². The van der Waals surface area contributed by atoms with E-state index in [9.17, 15) is 9.59 Å². The molecule has 0 unspecified atom stereocenters. The van der Waals surface area contributed by atoms with Crippen molar-refractivity contribution in [2.75, 3.05) is 23.0 Å². The summed E-state index contributed by atoms with van der Waals surface area (Å²) in [5.74, 6) is 0.747. The molecule has 7 heteroatoms. The molecule has 2 aromatic carbocycles. The molecular weight excluding hydrogens is 360 g/mol. The van der Waals surface area contributed by atoms with Crippen LogP contribution in [0.4, 0.5) is 11.4 Å². The fourth-order valence-electron chi connectivity index (χ4n) is 2.03. The van der Waals surface area contributed by atoms with Crippen molar-refractivity contribution in [1.82, 2.24) is 0 Å². The number of carbonyl (C=O) groups excluding carboxylic acids is 2. The lowest BCUT2D eigenvalue weighted by Gasteiger charge is -2.09. The topological polar surface area (TPSA) is 67.4 Å². The predicted molar refractivity (Wildman–Crippen MR) is 103 cm³/mol. The van der Waals surface area contributed by atoms with Crippen molar-refractivity contribution in [2.24, 2.45) is 0 Å². The quantitative estimate of drug-likeness (QED) is 0.699. The van der Waals surface area contributed by atoms with Gasteiger partial charge in [-0.05, 0) is 49.4 Å². The van der Waals surface area contributed by atoms with E-state index in [2.05, 4.69) is 10.6 Å². The second-order valence-electron chi connectivity index (χ2n) is 5.12. The first-order chi connectivity index (χ1) is 12.0. The van der Waals surface area contributed by atoms with Gasteiger partial charge in [-0.15, -0.1) is 11.8 Å². The Bertz CT molecular complexity index is 750. The Balaban J connectivity index is 1.87. The van der Waals surface area contributed by atoms with E-state index in [1.807, 2.05) is 31.2 Å². The summed E-state index contributed by atoms with van der Waals surface area (Å²) in [6.45, 7) is 3.96.